The van der Waals surface area contributed by atoms with Crippen LogP contribution < -0.4 is 0 Å². The molecule has 0 unspecified atom stereocenters. The zero-order valence-electron chi connectivity index (χ0n) is 11.0. The number of hydrogen-bond donors (Lipinski definition) is 0. The molecule has 0 aliphatic heterocycles. The van der Waals surface area contributed by atoms with Crippen LogP contribution in [-0.4, -0.2) is 9.97 Å². The summed E-state index contributed by atoms with van der Waals surface area (Å²) in [6.07, 6.45) is 6.40. The summed E-state index contributed by atoms with van der Waals surface area (Å²) in [5, 5.41) is 0.660. The lowest BCUT2D eigenvalue weighted by Gasteiger charge is -2.22. The summed E-state index contributed by atoms with van der Waals surface area (Å²) in [5.74, 6) is 1.89. The van der Waals surface area contributed by atoms with E-state index in [1.165, 1.54) is 32.1 Å². The van der Waals surface area contributed by atoms with Crippen LogP contribution in [-0.2, 0) is 0 Å². The quantitative estimate of drug-likeness (QED) is 0.719. The summed E-state index contributed by atoms with van der Waals surface area (Å²) in [7, 11) is 0. The van der Waals surface area contributed by atoms with Gasteiger partial charge in [-0.2, -0.15) is 0 Å². The number of aryl methyl sites for hydroxylation is 1. The fraction of sp³-hybridized carbons (Fsp3) is 0.714. The molecule has 2 rings (SSSR count). The van der Waals surface area contributed by atoms with Gasteiger partial charge in [0, 0.05) is 17.2 Å². The third-order valence-electron chi connectivity index (χ3n) is 3.65. The van der Waals surface area contributed by atoms with E-state index in [0.717, 1.165) is 17.1 Å². The highest BCUT2D eigenvalue weighted by molar-refractivity contribution is 6.30. The Morgan fingerprint density at radius 3 is 2.29 bits per heavy atom. The van der Waals surface area contributed by atoms with Gasteiger partial charge in [0.05, 0.1) is 0 Å². The number of halogens is 1. The van der Waals surface area contributed by atoms with Gasteiger partial charge in [0.25, 0.3) is 0 Å². The van der Waals surface area contributed by atoms with Crippen molar-refractivity contribution in [3.05, 3.63) is 22.2 Å². The van der Waals surface area contributed by atoms with Gasteiger partial charge in [-0.25, -0.2) is 9.97 Å². The second-order valence-corrected chi connectivity index (χ2v) is 5.72. The number of aromatic nitrogens is 2. The summed E-state index contributed by atoms with van der Waals surface area (Å²) in [6, 6.07) is 0. The first-order chi connectivity index (χ1) is 8.09. The van der Waals surface area contributed by atoms with Crippen molar-refractivity contribution in [2.45, 2.75) is 64.7 Å². The van der Waals surface area contributed by atoms with E-state index in [9.17, 15) is 0 Å². The smallest absolute Gasteiger partial charge is 0.136 e. The third kappa shape index (κ3) is 2.79. The summed E-state index contributed by atoms with van der Waals surface area (Å²) >= 11 is 6.30. The van der Waals surface area contributed by atoms with Crippen LogP contribution >= 0.6 is 11.6 Å². The van der Waals surface area contributed by atoms with E-state index in [1.807, 2.05) is 0 Å². The minimum absolute atomic E-state index is 0.392. The number of rotatable bonds is 2. The summed E-state index contributed by atoms with van der Waals surface area (Å²) in [6.45, 7) is 6.32. The van der Waals surface area contributed by atoms with E-state index in [0.29, 0.717) is 17.0 Å². The Labute approximate surface area is 109 Å². The van der Waals surface area contributed by atoms with Crippen molar-refractivity contribution >= 4 is 11.6 Å². The molecule has 2 nitrogen and oxygen atoms in total. The second-order valence-electron chi connectivity index (χ2n) is 5.36. The Bertz CT molecular complexity index is 372. The Morgan fingerprint density at radius 2 is 1.76 bits per heavy atom. The van der Waals surface area contributed by atoms with Crippen molar-refractivity contribution < 1.29 is 0 Å². The fourth-order valence-electron chi connectivity index (χ4n) is 2.77. The van der Waals surface area contributed by atoms with Crippen molar-refractivity contribution in [3.63, 3.8) is 0 Å². The standard InChI is InChI=1S/C14H21ClN2/c1-9(2)12-10(3)16-14(17-13(12)15)11-7-5-4-6-8-11/h9,11H,4-8H2,1-3H3. The molecule has 1 aromatic rings. The summed E-state index contributed by atoms with van der Waals surface area (Å²) < 4.78 is 0. The van der Waals surface area contributed by atoms with E-state index in [4.69, 9.17) is 11.6 Å². The normalized spacial score (nSPS) is 17.7. The van der Waals surface area contributed by atoms with Gasteiger partial charge in [-0.05, 0) is 25.7 Å². The van der Waals surface area contributed by atoms with Crippen LogP contribution in [0.5, 0.6) is 0 Å². The summed E-state index contributed by atoms with van der Waals surface area (Å²) in [5.41, 5.74) is 2.16. The zero-order valence-corrected chi connectivity index (χ0v) is 11.7. The molecule has 1 aliphatic carbocycles. The first-order valence-electron chi connectivity index (χ1n) is 6.63. The third-order valence-corrected chi connectivity index (χ3v) is 3.94. The predicted molar refractivity (Wildman–Crippen MR) is 71.7 cm³/mol. The Balaban J connectivity index is 2.31. The molecular formula is C14H21ClN2. The van der Waals surface area contributed by atoms with E-state index in [2.05, 4.69) is 30.7 Å². The molecule has 0 aromatic carbocycles. The van der Waals surface area contributed by atoms with Crippen LogP contribution in [0, 0.1) is 6.92 Å². The van der Waals surface area contributed by atoms with Gasteiger partial charge in [-0.15, -0.1) is 0 Å². The second kappa shape index (κ2) is 5.34. The monoisotopic (exact) mass is 252 g/mol. The van der Waals surface area contributed by atoms with Crippen LogP contribution in [0.4, 0.5) is 0 Å². The van der Waals surface area contributed by atoms with Gasteiger partial charge in [0.1, 0.15) is 11.0 Å². The highest BCUT2D eigenvalue weighted by Gasteiger charge is 2.21. The Hall–Kier alpha value is -0.630. The molecule has 0 radical (unpaired) electrons. The molecule has 1 heterocycles. The highest BCUT2D eigenvalue weighted by Crippen LogP contribution is 2.33. The van der Waals surface area contributed by atoms with E-state index in [-0.39, 0.29) is 0 Å². The molecule has 0 spiro atoms. The van der Waals surface area contributed by atoms with Crippen LogP contribution in [0.15, 0.2) is 0 Å². The Morgan fingerprint density at radius 1 is 1.12 bits per heavy atom. The SMILES string of the molecule is Cc1nc(C2CCCCC2)nc(Cl)c1C(C)C. The maximum absolute atomic E-state index is 6.30. The van der Waals surface area contributed by atoms with Gasteiger partial charge in [0.2, 0.25) is 0 Å². The maximum atomic E-state index is 6.30. The zero-order chi connectivity index (χ0) is 12.4. The van der Waals surface area contributed by atoms with Crippen molar-refractivity contribution in [2.24, 2.45) is 0 Å². The van der Waals surface area contributed by atoms with Crippen LogP contribution in [0.2, 0.25) is 5.15 Å². The topological polar surface area (TPSA) is 25.8 Å². The first kappa shape index (κ1) is 12.8. The maximum Gasteiger partial charge on any atom is 0.136 e. The molecular weight excluding hydrogens is 232 g/mol. The van der Waals surface area contributed by atoms with Crippen molar-refractivity contribution in [3.8, 4) is 0 Å². The lowest BCUT2D eigenvalue weighted by Crippen LogP contribution is -2.11. The highest BCUT2D eigenvalue weighted by atomic mass is 35.5. The largest absolute Gasteiger partial charge is 0.238 e. The lowest BCUT2D eigenvalue weighted by atomic mass is 9.88. The molecule has 1 fully saturated rings. The predicted octanol–water partition coefficient (Wildman–Crippen LogP) is 4.61. The van der Waals surface area contributed by atoms with Crippen molar-refractivity contribution in [2.75, 3.05) is 0 Å². The van der Waals surface area contributed by atoms with Gasteiger partial charge in [0.15, 0.2) is 0 Å². The van der Waals surface area contributed by atoms with Crippen molar-refractivity contribution in [1.82, 2.24) is 9.97 Å². The minimum atomic E-state index is 0.392. The van der Waals surface area contributed by atoms with E-state index < -0.39 is 0 Å². The van der Waals surface area contributed by atoms with Gasteiger partial charge < -0.3 is 0 Å². The first-order valence-corrected chi connectivity index (χ1v) is 7.01. The Kier molecular flexibility index (Phi) is 4.03. The molecule has 94 valence electrons. The molecule has 0 N–H and O–H groups in total. The molecule has 3 heteroatoms. The molecule has 0 saturated heterocycles. The number of hydrogen-bond acceptors (Lipinski definition) is 2. The van der Waals surface area contributed by atoms with Gasteiger partial charge in [-0.1, -0.05) is 44.7 Å². The number of nitrogens with zero attached hydrogens (tertiary/aromatic N) is 2. The van der Waals surface area contributed by atoms with E-state index in [1.54, 1.807) is 0 Å². The summed E-state index contributed by atoms with van der Waals surface area (Å²) in [4.78, 5) is 9.22. The van der Waals surface area contributed by atoms with E-state index >= 15 is 0 Å². The van der Waals surface area contributed by atoms with Gasteiger partial charge in [-0.3, -0.25) is 0 Å². The minimum Gasteiger partial charge on any atom is -0.238 e. The fourth-order valence-corrected chi connectivity index (χ4v) is 3.21. The van der Waals surface area contributed by atoms with Crippen LogP contribution in [0.1, 0.15) is 74.9 Å². The van der Waals surface area contributed by atoms with Crippen molar-refractivity contribution in [1.29, 1.82) is 0 Å². The molecule has 0 atom stereocenters. The molecule has 17 heavy (non-hydrogen) atoms. The van der Waals surface area contributed by atoms with Gasteiger partial charge >= 0.3 is 0 Å². The average molecular weight is 253 g/mol. The molecule has 1 aliphatic rings. The molecule has 0 amide bonds. The molecule has 1 aromatic heterocycles. The molecule has 0 bridgehead atoms. The van der Waals surface area contributed by atoms with Crippen LogP contribution in [0.3, 0.4) is 0 Å². The average Bonchev–Trinajstić information content (AvgIpc) is 2.28. The molecule has 1 saturated carbocycles. The van der Waals surface area contributed by atoms with Crippen LogP contribution in [0.25, 0.3) is 0 Å². The lowest BCUT2D eigenvalue weighted by molar-refractivity contribution is 0.427.